The van der Waals surface area contributed by atoms with Gasteiger partial charge in [-0.25, -0.2) is 0 Å². The van der Waals surface area contributed by atoms with Gasteiger partial charge in [-0.1, -0.05) is 24.3 Å². The van der Waals surface area contributed by atoms with Crippen molar-refractivity contribution in [2.45, 2.75) is 38.3 Å². The Hall–Kier alpha value is -2.18. The third kappa shape index (κ3) is 5.65. The van der Waals surface area contributed by atoms with Crippen LogP contribution in [0.1, 0.15) is 35.0 Å². The van der Waals surface area contributed by atoms with Crippen LogP contribution in [-0.4, -0.2) is 48.4 Å². The molecule has 0 spiro atoms. The number of piperidine rings is 1. The molecule has 6 heteroatoms. The van der Waals surface area contributed by atoms with E-state index in [-0.39, 0.29) is 23.9 Å². The summed E-state index contributed by atoms with van der Waals surface area (Å²) in [5.41, 5.74) is 0.693. The quantitative estimate of drug-likeness (QED) is 0.770. The second-order valence-corrected chi connectivity index (χ2v) is 7.98. The van der Waals surface area contributed by atoms with Crippen molar-refractivity contribution in [2.24, 2.45) is 0 Å². The molecule has 0 aliphatic carbocycles. The number of carbonyl (C=O) groups is 2. The normalized spacial score (nSPS) is 16.6. The van der Waals surface area contributed by atoms with Crippen LogP contribution in [0.15, 0.2) is 47.8 Å². The zero-order valence-electron chi connectivity index (χ0n) is 15.7. The first-order valence-corrected chi connectivity index (χ1v) is 10.4. The molecule has 27 heavy (non-hydrogen) atoms. The van der Waals surface area contributed by atoms with Crippen molar-refractivity contribution in [3.8, 4) is 0 Å². The highest BCUT2D eigenvalue weighted by Crippen LogP contribution is 2.14. The van der Waals surface area contributed by atoms with Crippen LogP contribution in [0.5, 0.6) is 0 Å². The second kappa shape index (κ2) is 9.67. The summed E-state index contributed by atoms with van der Waals surface area (Å²) >= 11 is 1.72. The van der Waals surface area contributed by atoms with Crippen LogP contribution in [0, 0.1) is 0 Å². The number of nitrogens with one attached hydrogen (secondary N) is 2. The van der Waals surface area contributed by atoms with E-state index in [2.05, 4.69) is 27.0 Å². The van der Waals surface area contributed by atoms with Gasteiger partial charge < -0.3 is 10.6 Å². The van der Waals surface area contributed by atoms with Crippen molar-refractivity contribution in [2.75, 3.05) is 19.6 Å². The molecule has 1 saturated heterocycles. The minimum Gasteiger partial charge on any atom is -0.354 e. The van der Waals surface area contributed by atoms with Gasteiger partial charge in [0.05, 0.1) is 6.04 Å². The molecule has 2 heterocycles. The standard InChI is InChI=1S/C21H27N3O2S/c1-16(20(25)22-12-9-19-8-5-15-27-19)24-13-10-18(11-14-24)23-21(26)17-6-3-2-4-7-17/h2-8,15-16,18H,9-14H2,1H3,(H,22,25)(H,23,26). The number of carbonyl (C=O) groups excluding carboxylic acids is 2. The number of thiophene rings is 1. The van der Waals surface area contributed by atoms with Gasteiger partial charge in [-0.2, -0.15) is 0 Å². The van der Waals surface area contributed by atoms with E-state index >= 15 is 0 Å². The third-order valence-electron chi connectivity index (χ3n) is 5.08. The van der Waals surface area contributed by atoms with Crippen molar-refractivity contribution in [3.05, 3.63) is 58.3 Å². The molecule has 1 fully saturated rings. The lowest BCUT2D eigenvalue weighted by atomic mass is 10.0. The highest BCUT2D eigenvalue weighted by Gasteiger charge is 2.27. The van der Waals surface area contributed by atoms with Crippen LogP contribution in [0.3, 0.4) is 0 Å². The van der Waals surface area contributed by atoms with E-state index in [0.29, 0.717) is 12.1 Å². The molecule has 2 aromatic rings. The minimum absolute atomic E-state index is 0.0200. The van der Waals surface area contributed by atoms with E-state index in [9.17, 15) is 9.59 Å². The maximum Gasteiger partial charge on any atom is 0.251 e. The molecule has 1 aliphatic rings. The fraction of sp³-hybridized carbons (Fsp3) is 0.429. The lowest BCUT2D eigenvalue weighted by Crippen LogP contribution is -2.51. The predicted octanol–water partition coefficient (Wildman–Crippen LogP) is 2.69. The monoisotopic (exact) mass is 385 g/mol. The average Bonchev–Trinajstić information content (AvgIpc) is 3.22. The number of hydrogen-bond donors (Lipinski definition) is 2. The fourth-order valence-electron chi connectivity index (χ4n) is 3.37. The molecule has 1 aliphatic heterocycles. The Balaban J connectivity index is 1.38. The van der Waals surface area contributed by atoms with Crippen LogP contribution in [0.2, 0.25) is 0 Å². The van der Waals surface area contributed by atoms with Gasteiger partial charge in [0.25, 0.3) is 5.91 Å². The van der Waals surface area contributed by atoms with Crippen molar-refractivity contribution < 1.29 is 9.59 Å². The van der Waals surface area contributed by atoms with Crippen molar-refractivity contribution >= 4 is 23.2 Å². The molecule has 144 valence electrons. The Morgan fingerprint density at radius 3 is 2.56 bits per heavy atom. The SMILES string of the molecule is CC(C(=O)NCCc1cccs1)N1CCC(NC(=O)c2ccccc2)CC1. The Morgan fingerprint density at radius 2 is 1.89 bits per heavy atom. The zero-order valence-corrected chi connectivity index (χ0v) is 16.5. The molecule has 0 saturated carbocycles. The fourth-order valence-corrected chi connectivity index (χ4v) is 4.08. The van der Waals surface area contributed by atoms with Crippen LogP contribution >= 0.6 is 11.3 Å². The largest absolute Gasteiger partial charge is 0.354 e. The van der Waals surface area contributed by atoms with Crippen LogP contribution < -0.4 is 10.6 Å². The lowest BCUT2D eigenvalue weighted by molar-refractivity contribution is -0.126. The van der Waals surface area contributed by atoms with Gasteiger partial charge in [-0.3, -0.25) is 14.5 Å². The average molecular weight is 386 g/mol. The summed E-state index contributed by atoms with van der Waals surface area (Å²) in [6, 6.07) is 13.5. The van der Waals surface area contributed by atoms with Gasteiger partial charge in [0.1, 0.15) is 0 Å². The Labute approximate surface area is 164 Å². The number of amides is 2. The number of benzene rings is 1. The van der Waals surface area contributed by atoms with E-state index < -0.39 is 0 Å². The first kappa shape index (κ1) is 19.6. The van der Waals surface area contributed by atoms with Gasteiger partial charge in [0, 0.05) is 36.1 Å². The predicted molar refractivity (Wildman–Crippen MR) is 109 cm³/mol. The number of likely N-dealkylation sites (tertiary alicyclic amines) is 1. The Morgan fingerprint density at radius 1 is 1.15 bits per heavy atom. The molecule has 5 nitrogen and oxygen atoms in total. The van der Waals surface area contributed by atoms with Crippen molar-refractivity contribution in [1.29, 1.82) is 0 Å². The van der Waals surface area contributed by atoms with E-state index in [1.165, 1.54) is 4.88 Å². The second-order valence-electron chi connectivity index (χ2n) is 6.95. The molecule has 1 aromatic carbocycles. The van der Waals surface area contributed by atoms with E-state index in [4.69, 9.17) is 0 Å². The molecule has 1 unspecified atom stereocenters. The lowest BCUT2D eigenvalue weighted by Gasteiger charge is -2.35. The molecule has 1 aromatic heterocycles. The molecule has 0 radical (unpaired) electrons. The topological polar surface area (TPSA) is 61.4 Å². The maximum absolute atomic E-state index is 12.4. The van der Waals surface area contributed by atoms with E-state index in [1.54, 1.807) is 11.3 Å². The highest BCUT2D eigenvalue weighted by molar-refractivity contribution is 7.09. The first-order chi connectivity index (χ1) is 13.1. The smallest absolute Gasteiger partial charge is 0.251 e. The summed E-state index contributed by atoms with van der Waals surface area (Å²) < 4.78 is 0. The van der Waals surface area contributed by atoms with Gasteiger partial charge in [-0.15, -0.1) is 11.3 Å². The third-order valence-corrected chi connectivity index (χ3v) is 6.01. The van der Waals surface area contributed by atoms with Crippen LogP contribution in [0.25, 0.3) is 0 Å². The molecule has 0 bridgehead atoms. The first-order valence-electron chi connectivity index (χ1n) is 9.53. The maximum atomic E-state index is 12.4. The molecule has 3 rings (SSSR count). The summed E-state index contributed by atoms with van der Waals surface area (Å²) in [5.74, 6) is 0.0618. The van der Waals surface area contributed by atoms with Gasteiger partial charge in [0.15, 0.2) is 0 Å². The molecule has 2 amide bonds. The number of hydrogen-bond acceptors (Lipinski definition) is 4. The van der Waals surface area contributed by atoms with Gasteiger partial charge in [0.2, 0.25) is 5.91 Å². The zero-order chi connectivity index (χ0) is 19.1. The van der Waals surface area contributed by atoms with Crippen molar-refractivity contribution in [3.63, 3.8) is 0 Å². The number of nitrogens with zero attached hydrogens (tertiary/aromatic N) is 1. The highest BCUT2D eigenvalue weighted by atomic mass is 32.1. The molecular formula is C21H27N3O2S. The van der Waals surface area contributed by atoms with E-state index in [1.807, 2.05) is 43.3 Å². The van der Waals surface area contributed by atoms with Gasteiger partial charge in [-0.05, 0) is 49.8 Å². The summed E-state index contributed by atoms with van der Waals surface area (Å²) in [7, 11) is 0. The van der Waals surface area contributed by atoms with Crippen LogP contribution in [-0.2, 0) is 11.2 Å². The Bertz CT molecular complexity index is 725. The van der Waals surface area contributed by atoms with Crippen LogP contribution in [0.4, 0.5) is 0 Å². The summed E-state index contributed by atoms with van der Waals surface area (Å²) in [6.45, 7) is 4.27. The summed E-state index contributed by atoms with van der Waals surface area (Å²) in [6.07, 6.45) is 2.61. The minimum atomic E-state index is -0.140. The summed E-state index contributed by atoms with van der Waals surface area (Å²) in [5, 5.41) is 8.20. The van der Waals surface area contributed by atoms with E-state index in [0.717, 1.165) is 32.4 Å². The van der Waals surface area contributed by atoms with Crippen molar-refractivity contribution in [1.82, 2.24) is 15.5 Å². The Kier molecular flexibility index (Phi) is 7.01. The molecular weight excluding hydrogens is 358 g/mol. The summed E-state index contributed by atoms with van der Waals surface area (Å²) in [4.78, 5) is 28.1. The molecule has 1 atom stereocenters. The van der Waals surface area contributed by atoms with Gasteiger partial charge >= 0.3 is 0 Å². The number of rotatable bonds is 7. The molecule has 2 N–H and O–H groups in total.